The number of carbonyl (C=O) groups excluding carboxylic acids is 3. The van der Waals surface area contributed by atoms with E-state index in [1.54, 1.807) is 48.1 Å². The van der Waals surface area contributed by atoms with Crippen molar-refractivity contribution in [3.05, 3.63) is 120 Å². The van der Waals surface area contributed by atoms with Crippen LogP contribution in [0.25, 0.3) is 16.6 Å². The summed E-state index contributed by atoms with van der Waals surface area (Å²) in [4.78, 5) is 38.3. The molecule has 2 heterocycles. The molecule has 216 valence electrons. The lowest BCUT2D eigenvalue weighted by atomic mass is 9.88. The van der Waals surface area contributed by atoms with Crippen molar-refractivity contribution in [2.75, 3.05) is 7.05 Å². The van der Waals surface area contributed by atoms with Crippen LogP contribution >= 0.6 is 0 Å². The van der Waals surface area contributed by atoms with Crippen LogP contribution in [0.5, 0.6) is 11.5 Å². The zero-order chi connectivity index (χ0) is 30.1. The van der Waals surface area contributed by atoms with Crippen molar-refractivity contribution in [2.24, 2.45) is 5.41 Å². The number of nitrogens with one attached hydrogen (secondary N) is 1. The van der Waals surface area contributed by atoms with Crippen molar-refractivity contribution >= 4 is 23.0 Å². The van der Waals surface area contributed by atoms with Crippen LogP contribution in [0.15, 0.2) is 91.3 Å². The smallest absolute Gasteiger partial charge is 0.251 e. The van der Waals surface area contributed by atoms with E-state index in [1.807, 2.05) is 12.1 Å². The number of hydrogen-bond donors (Lipinski definition) is 1. The van der Waals surface area contributed by atoms with E-state index >= 15 is 4.39 Å². The molecule has 1 fully saturated rings. The van der Waals surface area contributed by atoms with Gasteiger partial charge in [0, 0.05) is 43.3 Å². The third kappa shape index (κ3) is 5.53. The Labute approximate surface area is 246 Å². The number of benzene rings is 3. The van der Waals surface area contributed by atoms with Gasteiger partial charge >= 0.3 is 0 Å². The Kier molecular flexibility index (Phi) is 7.31. The van der Waals surface area contributed by atoms with Gasteiger partial charge in [-0.25, -0.2) is 13.3 Å². The topological polar surface area (TPSA) is 89.8 Å². The highest BCUT2D eigenvalue weighted by molar-refractivity contribution is 6.11. The quantitative estimate of drug-likeness (QED) is 0.201. The Morgan fingerprint density at radius 2 is 1.60 bits per heavy atom. The van der Waals surface area contributed by atoms with E-state index in [9.17, 15) is 18.8 Å². The Morgan fingerprint density at radius 3 is 2.30 bits per heavy atom. The zero-order valence-corrected chi connectivity index (χ0v) is 23.3. The number of ether oxygens (including phenoxy) is 1. The first kappa shape index (κ1) is 28.0. The molecule has 1 amide bonds. The number of rotatable bonds is 10. The Morgan fingerprint density at radius 1 is 0.884 bits per heavy atom. The Bertz CT molecular complexity index is 1880. The summed E-state index contributed by atoms with van der Waals surface area (Å²) in [7, 11) is 1.56. The number of hydrogen-bond acceptors (Lipinski definition) is 5. The second-order valence-corrected chi connectivity index (χ2v) is 10.7. The van der Waals surface area contributed by atoms with E-state index in [0.29, 0.717) is 40.8 Å². The van der Waals surface area contributed by atoms with Crippen molar-refractivity contribution in [3.63, 3.8) is 0 Å². The number of aromatic nitrogens is 2. The van der Waals surface area contributed by atoms with Crippen LogP contribution in [-0.4, -0.2) is 34.1 Å². The molecule has 0 bridgehead atoms. The van der Waals surface area contributed by atoms with Gasteiger partial charge in [-0.2, -0.15) is 5.10 Å². The fourth-order valence-electron chi connectivity index (χ4n) is 5.31. The van der Waals surface area contributed by atoms with Crippen molar-refractivity contribution in [3.8, 4) is 22.6 Å². The molecule has 43 heavy (non-hydrogen) atoms. The average Bonchev–Trinajstić information content (AvgIpc) is 3.72. The van der Waals surface area contributed by atoms with Crippen molar-refractivity contribution in [2.45, 2.75) is 25.7 Å². The van der Waals surface area contributed by atoms with E-state index in [0.717, 1.165) is 11.1 Å². The number of amides is 1. The van der Waals surface area contributed by atoms with Crippen LogP contribution in [0, 0.1) is 17.0 Å². The van der Waals surface area contributed by atoms with Crippen LogP contribution in [0.4, 0.5) is 8.78 Å². The number of nitrogens with zero attached hydrogens (tertiary/aromatic N) is 2. The van der Waals surface area contributed by atoms with E-state index in [2.05, 4.69) is 10.4 Å². The summed E-state index contributed by atoms with van der Waals surface area (Å²) in [6.45, 7) is 0. The highest BCUT2D eigenvalue weighted by atomic mass is 19.1. The number of halogens is 2. The van der Waals surface area contributed by atoms with Gasteiger partial charge in [0.2, 0.25) is 0 Å². The molecule has 9 heteroatoms. The molecule has 0 atom stereocenters. The Balaban J connectivity index is 1.20. The molecular formula is C34H27F2N3O4. The molecule has 0 aliphatic heterocycles. The van der Waals surface area contributed by atoms with Crippen LogP contribution in [0.1, 0.15) is 34.3 Å². The van der Waals surface area contributed by atoms with Crippen LogP contribution in [0.2, 0.25) is 0 Å². The summed E-state index contributed by atoms with van der Waals surface area (Å²) in [6.07, 6.45) is 4.16. The third-order valence-electron chi connectivity index (χ3n) is 7.86. The van der Waals surface area contributed by atoms with Crippen LogP contribution in [0.3, 0.4) is 0 Å². The van der Waals surface area contributed by atoms with Gasteiger partial charge in [0.25, 0.3) is 5.91 Å². The molecule has 5 aromatic rings. The molecule has 1 saturated carbocycles. The number of ketones is 2. The Hall–Kier alpha value is -5.18. The maximum absolute atomic E-state index is 15.3. The first-order valence-electron chi connectivity index (χ1n) is 13.8. The summed E-state index contributed by atoms with van der Waals surface area (Å²) < 4.78 is 36.2. The summed E-state index contributed by atoms with van der Waals surface area (Å²) in [6, 6.07) is 20.6. The van der Waals surface area contributed by atoms with Crippen LogP contribution in [-0.2, 0) is 22.4 Å². The van der Waals surface area contributed by atoms with E-state index < -0.39 is 17.0 Å². The van der Waals surface area contributed by atoms with E-state index in [-0.39, 0.29) is 36.1 Å². The number of Topliss-reactive ketones (excluding diaryl/α,β-unsaturated/α-hetero) is 2. The molecule has 0 saturated heterocycles. The average molecular weight is 580 g/mol. The molecular weight excluding hydrogens is 552 g/mol. The molecule has 3 aromatic carbocycles. The van der Waals surface area contributed by atoms with Gasteiger partial charge in [0.15, 0.2) is 28.9 Å². The molecule has 6 rings (SSSR count). The highest BCUT2D eigenvalue weighted by Gasteiger charge is 2.54. The lowest BCUT2D eigenvalue weighted by Gasteiger charge is -2.14. The monoisotopic (exact) mass is 579 g/mol. The predicted octanol–water partition coefficient (Wildman–Crippen LogP) is 6.14. The fraction of sp³-hybridized carbons (Fsp3) is 0.176. The fourth-order valence-corrected chi connectivity index (χ4v) is 5.31. The normalized spacial score (nSPS) is 13.5. The van der Waals surface area contributed by atoms with Gasteiger partial charge in [-0.05, 0) is 72.0 Å². The highest BCUT2D eigenvalue weighted by Crippen LogP contribution is 2.49. The second-order valence-electron chi connectivity index (χ2n) is 10.7. The molecule has 0 spiro atoms. The lowest BCUT2D eigenvalue weighted by molar-refractivity contribution is -0.133. The van der Waals surface area contributed by atoms with Gasteiger partial charge in [0.05, 0.1) is 11.6 Å². The lowest BCUT2D eigenvalue weighted by Crippen LogP contribution is -2.28. The van der Waals surface area contributed by atoms with Gasteiger partial charge in [-0.15, -0.1) is 0 Å². The van der Waals surface area contributed by atoms with E-state index in [1.165, 1.54) is 42.6 Å². The van der Waals surface area contributed by atoms with E-state index in [4.69, 9.17) is 4.74 Å². The molecule has 0 radical (unpaired) electrons. The summed E-state index contributed by atoms with van der Waals surface area (Å²) in [5, 5.41) is 6.94. The first-order valence-corrected chi connectivity index (χ1v) is 13.8. The first-order chi connectivity index (χ1) is 20.8. The van der Waals surface area contributed by atoms with Gasteiger partial charge in [-0.3, -0.25) is 14.4 Å². The van der Waals surface area contributed by atoms with Crippen molar-refractivity contribution < 1.29 is 27.9 Å². The summed E-state index contributed by atoms with van der Waals surface area (Å²) >= 11 is 0. The van der Waals surface area contributed by atoms with Gasteiger partial charge < -0.3 is 10.1 Å². The summed E-state index contributed by atoms with van der Waals surface area (Å²) in [5.74, 6) is -1.40. The number of carbonyl (C=O) groups is 3. The van der Waals surface area contributed by atoms with Gasteiger partial charge in [-0.1, -0.05) is 30.3 Å². The molecule has 1 N–H and O–H groups in total. The molecule has 2 aromatic heterocycles. The molecule has 1 aliphatic carbocycles. The standard InChI is InChI=1S/C34H27F2N3O4/c1-37-33(42)24-4-2-3-23(20-24)26-12-16-39-32(26)29(11-15-38-39)43-28-10-7-22(17-27(28)36)19-31(41)34(13-14-34)30(40)18-21-5-8-25(35)9-6-21/h2-12,15-17,20H,13-14,18-19H2,1H3,(H,37,42). The van der Waals surface area contributed by atoms with Crippen LogP contribution < -0.4 is 10.1 Å². The minimum Gasteiger partial charge on any atom is -0.452 e. The summed E-state index contributed by atoms with van der Waals surface area (Å²) in [5.41, 5.74) is 2.61. The van der Waals surface area contributed by atoms with Crippen molar-refractivity contribution in [1.82, 2.24) is 14.9 Å². The molecule has 7 nitrogen and oxygen atoms in total. The minimum atomic E-state index is -1.07. The minimum absolute atomic E-state index is 0.0379. The largest absolute Gasteiger partial charge is 0.452 e. The third-order valence-corrected chi connectivity index (χ3v) is 7.86. The predicted molar refractivity (Wildman–Crippen MR) is 156 cm³/mol. The molecule has 0 unspecified atom stereocenters. The molecule has 1 aliphatic rings. The second kappa shape index (κ2) is 11.2. The zero-order valence-electron chi connectivity index (χ0n) is 23.3. The number of fused-ring (bicyclic) bond motifs is 1. The van der Waals surface area contributed by atoms with Gasteiger partial charge in [0.1, 0.15) is 11.3 Å². The maximum atomic E-state index is 15.3. The maximum Gasteiger partial charge on any atom is 0.251 e. The SMILES string of the molecule is CNC(=O)c1cccc(-c2ccn3nccc(Oc4ccc(CC(=O)C5(C(=O)Cc6ccc(F)cc6)CC5)cc4F)c23)c1. The van der Waals surface area contributed by atoms with Crippen molar-refractivity contribution in [1.29, 1.82) is 0 Å².